The average molecular weight is 238 g/mol. The first-order chi connectivity index (χ1) is 8.72. The molecule has 1 aliphatic carbocycles. The molecule has 0 aliphatic heterocycles. The van der Waals surface area contributed by atoms with Crippen LogP contribution in [0.3, 0.4) is 0 Å². The Balaban J connectivity index is 1.78. The van der Waals surface area contributed by atoms with Gasteiger partial charge in [-0.05, 0) is 48.6 Å². The zero-order chi connectivity index (χ0) is 12.5. The lowest BCUT2D eigenvalue weighted by Crippen LogP contribution is -2.20. The lowest BCUT2D eigenvalue weighted by molar-refractivity contribution is 0.775. The standard InChI is InChI=1S/C16H18N2/c1-11-6-7-15(17)16(8-11)18-14-9-12-4-2-3-5-13(12)10-14/h2-8,14,18H,9-10,17H2,1H3. The maximum absolute atomic E-state index is 6.01. The number of nitrogens with one attached hydrogen (secondary N) is 1. The minimum atomic E-state index is 0.464. The van der Waals surface area contributed by atoms with Crippen LogP contribution in [0, 0.1) is 6.92 Å². The maximum Gasteiger partial charge on any atom is 0.0578 e. The smallest absolute Gasteiger partial charge is 0.0578 e. The van der Waals surface area contributed by atoms with Crippen molar-refractivity contribution < 1.29 is 0 Å². The minimum Gasteiger partial charge on any atom is -0.397 e. The predicted molar refractivity (Wildman–Crippen MR) is 76.9 cm³/mol. The summed E-state index contributed by atoms with van der Waals surface area (Å²) in [5.74, 6) is 0. The van der Waals surface area contributed by atoms with Gasteiger partial charge >= 0.3 is 0 Å². The van der Waals surface area contributed by atoms with E-state index in [2.05, 4.69) is 42.6 Å². The Morgan fingerprint density at radius 2 is 1.72 bits per heavy atom. The van der Waals surface area contributed by atoms with Crippen molar-refractivity contribution in [3.63, 3.8) is 0 Å². The normalized spacial score (nSPS) is 14.5. The first-order valence-corrected chi connectivity index (χ1v) is 6.42. The third-order valence-corrected chi connectivity index (χ3v) is 3.62. The molecule has 0 atom stereocenters. The van der Waals surface area contributed by atoms with E-state index in [9.17, 15) is 0 Å². The number of aryl methyl sites for hydroxylation is 1. The van der Waals surface area contributed by atoms with Crippen LogP contribution in [-0.4, -0.2) is 6.04 Å². The van der Waals surface area contributed by atoms with Crippen LogP contribution in [-0.2, 0) is 12.8 Å². The second kappa shape index (κ2) is 4.37. The van der Waals surface area contributed by atoms with Crippen molar-refractivity contribution in [3.8, 4) is 0 Å². The van der Waals surface area contributed by atoms with Gasteiger partial charge in [-0.3, -0.25) is 0 Å². The average Bonchev–Trinajstić information content (AvgIpc) is 2.76. The number of hydrogen-bond acceptors (Lipinski definition) is 2. The summed E-state index contributed by atoms with van der Waals surface area (Å²) in [6.45, 7) is 2.09. The van der Waals surface area contributed by atoms with Gasteiger partial charge in [0.2, 0.25) is 0 Å². The molecule has 0 spiro atoms. The molecule has 0 radical (unpaired) electrons. The molecule has 0 aromatic heterocycles. The molecule has 2 heteroatoms. The van der Waals surface area contributed by atoms with Gasteiger partial charge in [-0.15, -0.1) is 0 Å². The van der Waals surface area contributed by atoms with E-state index in [0.29, 0.717) is 6.04 Å². The van der Waals surface area contributed by atoms with Gasteiger partial charge in [-0.2, -0.15) is 0 Å². The number of anilines is 2. The van der Waals surface area contributed by atoms with Gasteiger partial charge in [-0.25, -0.2) is 0 Å². The first-order valence-electron chi connectivity index (χ1n) is 6.42. The first kappa shape index (κ1) is 11.1. The van der Waals surface area contributed by atoms with E-state index in [4.69, 9.17) is 5.73 Å². The topological polar surface area (TPSA) is 38.0 Å². The van der Waals surface area contributed by atoms with Crippen molar-refractivity contribution in [3.05, 3.63) is 59.2 Å². The minimum absolute atomic E-state index is 0.464. The van der Waals surface area contributed by atoms with Crippen molar-refractivity contribution in [1.29, 1.82) is 0 Å². The van der Waals surface area contributed by atoms with Crippen molar-refractivity contribution in [2.24, 2.45) is 0 Å². The lowest BCUT2D eigenvalue weighted by atomic mass is 10.1. The number of nitrogens with two attached hydrogens (primary N) is 1. The number of nitrogen functional groups attached to an aromatic ring is 1. The van der Waals surface area contributed by atoms with Crippen molar-refractivity contribution >= 4 is 11.4 Å². The number of benzene rings is 2. The molecular formula is C16H18N2. The number of rotatable bonds is 2. The van der Waals surface area contributed by atoms with Gasteiger partial charge in [0.05, 0.1) is 11.4 Å². The predicted octanol–water partition coefficient (Wildman–Crippen LogP) is 3.16. The SMILES string of the molecule is Cc1ccc(N)c(NC2Cc3ccccc3C2)c1. The summed E-state index contributed by atoms with van der Waals surface area (Å²) in [6, 6.07) is 15.3. The summed E-state index contributed by atoms with van der Waals surface area (Å²) in [5, 5.41) is 3.57. The summed E-state index contributed by atoms with van der Waals surface area (Å²) in [6.07, 6.45) is 2.17. The largest absolute Gasteiger partial charge is 0.397 e. The third-order valence-electron chi connectivity index (χ3n) is 3.62. The van der Waals surface area contributed by atoms with Crippen LogP contribution in [0.25, 0.3) is 0 Å². The fraction of sp³-hybridized carbons (Fsp3) is 0.250. The molecule has 0 amide bonds. The highest BCUT2D eigenvalue weighted by Gasteiger charge is 2.20. The molecule has 2 aromatic rings. The molecule has 3 rings (SSSR count). The van der Waals surface area contributed by atoms with E-state index >= 15 is 0 Å². The van der Waals surface area contributed by atoms with E-state index < -0.39 is 0 Å². The molecule has 0 saturated heterocycles. The van der Waals surface area contributed by atoms with Crippen molar-refractivity contribution in [2.45, 2.75) is 25.8 Å². The molecule has 1 aliphatic rings. The van der Waals surface area contributed by atoms with Crippen LogP contribution < -0.4 is 11.1 Å². The molecule has 2 nitrogen and oxygen atoms in total. The van der Waals surface area contributed by atoms with Crippen LogP contribution in [0.2, 0.25) is 0 Å². The van der Waals surface area contributed by atoms with Crippen LogP contribution in [0.1, 0.15) is 16.7 Å². The molecular weight excluding hydrogens is 220 g/mol. The molecule has 3 N–H and O–H groups in total. The molecule has 0 bridgehead atoms. The monoisotopic (exact) mass is 238 g/mol. The number of fused-ring (bicyclic) bond motifs is 1. The highest BCUT2D eigenvalue weighted by atomic mass is 14.9. The maximum atomic E-state index is 6.01. The van der Waals surface area contributed by atoms with E-state index in [0.717, 1.165) is 24.2 Å². The molecule has 2 aromatic carbocycles. The van der Waals surface area contributed by atoms with Crippen LogP contribution in [0.4, 0.5) is 11.4 Å². The quantitative estimate of drug-likeness (QED) is 0.789. The molecule has 0 heterocycles. The Labute approximate surface area is 108 Å². The summed E-state index contributed by atoms with van der Waals surface area (Å²) < 4.78 is 0. The molecule has 0 fully saturated rings. The Bertz CT molecular complexity index is 550. The number of hydrogen-bond donors (Lipinski definition) is 2. The van der Waals surface area contributed by atoms with Gasteiger partial charge in [0.15, 0.2) is 0 Å². The Morgan fingerprint density at radius 1 is 1.06 bits per heavy atom. The van der Waals surface area contributed by atoms with Gasteiger partial charge in [0.25, 0.3) is 0 Å². The lowest BCUT2D eigenvalue weighted by Gasteiger charge is -2.16. The summed E-state index contributed by atoms with van der Waals surface area (Å²) in [7, 11) is 0. The van der Waals surface area contributed by atoms with Gasteiger partial charge in [-0.1, -0.05) is 30.3 Å². The Hall–Kier alpha value is -1.96. The summed E-state index contributed by atoms with van der Waals surface area (Å²) >= 11 is 0. The third kappa shape index (κ3) is 2.06. The van der Waals surface area contributed by atoms with E-state index in [1.165, 1.54) is 16.7 Å². The van der Waals surface area contributed by atoms with Gasteiger partial charge in [0, 0.05) is 6.04 Å². The van der Waals surface area contributed by atoms with Crippen LogP contribution in [0.15, 0.2) is 42.5 Å². The summed E-state index contributed by atoms with van der Waals surface area (Å²) in [5.41, 5.74) is 12.1. The molecule has 92 valence electrons. The highest BCUT2D eigenvalue weighted by Crippen LogP contribution is 2.27. The van der Waals surface area contributed by atoms with E-state index in [1.807, 2.05) is 12.1 Å². The Morgan fingerprint density at radius 3 is 2.39 bits per heavy atom. The van der Waals surface area contributed by atoms with Crippen LogP contribution in [0.5, 0.6) is 0 Å². The second-order valence-electron chi connectivity index (χ2n) is 5.11. The zero-order valence-corrected chi connectivity index (χ0v) is 10.6. The van der Waals surface area contributed by atoms with Gasteiger partial charge < -0.3 is 11.1 Å². The van der Waals surface area contributed by atoms with Crippen molar-refractivity contribution in [2.75, 3.05) is 11.1 Å². The fourth-order valence-corrected chi connectivity index (χ4v) is 2.68. The molecule has 0 unspecified atom stereocenters. The summed E-state index contributed by atoms with van der Waals surface area (Å²) in [4.78, 5) is 0. The van der Waals surface area contributed by atoms with Crippen molar-refractivity contribution in [1.82, 2.24) is 0 Å². The molecule has 18 heavy (non-hydrogen) atoms. The fourth-order valence-electron chi connectivity index (χ4n) is 2.68. The van der Waals surface area contributed by atoms with Crippen LogP contribution >= 0.6 is 0 Å². The zero-order valence-electron chi connectivity index (χ0n) is 10.6. The highest BCUT2D eigenvalue weighted by molar-refractivity contribution is 5.67. The van der Waals surface area contributed by atoms with E-state index in [-0.39, 0.29) is 0 Å². The molecule has 0 saturated carbocycles. The van der Waals surface area contributed by atoms with E-state index in [1.54, 1.807) is 0 Å². The second-order valence-corrected chi connectivity index (χ2v) is 5.11. The Kier molecular flexibility index (Phi) is 2.71. The van der Waals surface area contributed by atoms with Gasteiger partial charge in [0.1, 0.15) is 0 Å².